The van der Waals surface area contributed by atoms with Gasteiger partial charge < -0.3 is 14.9 Å². The van der Waals surface area contributed by atoms with Crippen LogP contribution in [0.25, 0.3) is 0 Å². The molecule has 4 heteroatoms. The normalized spacial score (nSPS) is 45.0. The summed E-state index contributed by atoms with van der Waals surface area (Å²) in [4.78, 5) is 11.4. The van der Waals surface area contributed by atoms with Crippen molar-refractivity contribution in [3.8, 4) is 0 Å². The zero-order valence-electron chi connectivity index (χ0n) is 17.0. The van der Waals surface area contributed by atoms with Crippen molar-refractivity contribution in [1.82, 2.24) is 0 Å². The SMILES string of the molecule is C[C@]12CCC(=N)C=C1CC[C@@H]1[C@@H]2CC[C@]2(C)[C@@H](c3ccc(=O)oc3)CC[C@]12O. The van der Waals surface area contributed by atoms with E-state index in [0.717, 1.165) is 62.6 Å². The maximum Gasteiger partial charge on any atom is 0.335 e. The van der Waals surface area contributed by atoms with Gasteiger partial charge in [0, 0.05) is 17.2 Å². The Morgan fingerprint density at radius 3 is 2.64 bits per heavy atom. The second kappa shape index (κ2) is 5.91. The molecule has 0 unspecified atom stereocenters. The molecule has 0 saturated heterocycles. The summed E-state index contributed by atoms with van der Waals surface area (Å²) < 4.78 is 5.17. The van der Waals surface area contributed by atoms with Crippen molar-refractivity contribution in [3.63, 3.8) is 0 Å². The predicted molar refractivity (Wildman–Crippen MR) is 109 cm³/mol. The molecule has 1 aromatic heterocycles. The summed E-state index contributed by atoms with van der Waals surface area (Å²) in [5.41, 5.74) is 2.29. The fraction of sp³-hybridized carbons (Fsp3) is 0.667. The van der Waals surface area contributed by atoms with Gasteiger partial charge in [-0.3, -0.25) is 0 Å². The van der Waals surface area contributed by atoms with Gasteiger partial charge >= 0.3 is 5.63 Å². The minimum Gasteiger partial charge on any atom is -0.431 e. The van der Waals surface area contributed by atoms with Crippen molar-refractivity contribution < 1.29 is 9.52 Å². The third kappa shape index (κ3) is 2.27. The van der Waals surface area contributed by atoms with Crippen molar-refractivity contribution >= 4 is 5.71 Å². The highest BCUT2D eigenvalue weighted by Gasteiger charge is 2.66. The number of hydrogen-bond acceptors (Lipinski definition) is 4. The summed E-state index contributed by atoms with van der Waals surface area (Å²) in [5.74, 6) is 1.07. The molecule has 1 heterocycles. The van der Waals surface area contributed by atoms with Crippen molar-refractivity contribution in [1.29, 1.82) is 5.41 Å². The van der Waals surface area contributed by atoms with E-state index in [1.54, 1.807) is 6.26 Å². The van der Waals surface area contributed by atoms with Crippen molar-refractivity contribution in [2.45, 2.75) is 76.7 Å². The standard InChI is InChI=1S/C24H31NO3/c1-22-10-7-17(25)13-16(22)4-5-20-19(22)8-11-23(2)18(9-12-24(20,23)27)15-3-6-21(26)28-14-15/h3,6,13-14,18-20,25,27H,4-5,7-12H2,1-2H3/t18-,19+,20-,22+,23-,24+/m1/s1. The summed E-state index contributed by atoms with van der Waals surface area (Å²) in [6, 6.07) is 3.41. The molecule has 0 amide bonds. The first kappa shape index (κ1) is 18.4. The van der Waals surface area contributed by atoms with E-state index in [-0.39, 0.29) is 22.4 Å². The molecule has 6 atom stereocenters. The van der Waals surface area contributed by atoms with Gasteiger partial charge in [0.2, 0.25) is 0 Å². The molecule has 150 valence electrons. The van der Waals surface area contributed by atoms with Gasteiger partial charge in [0.15, 0.2) is 0 Å². The van der Waals surface area contributed by atoms with E-state index in [9.17, 15) is 9.90 Å². The van der Waals surface area contributed by atoms with Crippen LogP contribution >= 0.6 is 0 Å². The van der Waals surface area contributed by atoms with E-state index < -0.39 is 5.60 Å². The molecule has 4 aliphatic carbocycles. The van der Waals surface area contributed by atoms with E-state index in [0.29, 0.717) is 11.8 Å². The molecule has 3 fully saturated rings. The maximum atomic E-state index is 12.2. The second-order valence-electron chi connectivity index (χ2n) is 10.2. The monoisotopic (exact) mass is 381 g/mol. The van der Waals surface area contributed by atoms with Gasteiger partial charge in [-0.05, 0) is 92.2 Å². The topological polar surface area (TPSA) is 74.3 Å². The number of nitrogens with one attached hydrogen (secondary N) is 1. The van der Waals surface area contributed by atoms with Crippen LogP contribution in [-0.2, 0) is 0 Å². The second-order valence-corrected chi connectivity index (χ2v) is 10.2. The van der Waals surface area contributed by atoms with E-state index in [1.807, 2.05) is 6.07 Å². The molecule has 0 radical (unpaired) electrons. The molecule has 28 heavy (non-hydrogen) atoms. The third-order valence-electron chi connectivity index (χ3n) is 9.31. The zero-order valence-corrected chi connectivity index (χ0v) is 17.0. The van der Waals surface area contributed by atoms with Gasteiger partial charge in [-0.15, -0.1) is 0 Å². The molecule has 0 spiro atoms. The number of hydrogen-bond donors (Lipinski definition) is 2. The first-order chi connectivity index (χ1) is 13.3. The molecule has 0 aromatic carbocycles. The smallest absolute Gasteiger partial charge is 0.335 e. The lowest BCUT2D eigenvalue weighted by Crippen LogP contribution is -2.60. The Hall–Kier alpha value is -1.68. The fourth-order valence-electron chi connectivity index (χ4n) is 7.66. The average molecular weight is 382 g/mol. The van der Waals surface area contributed by atoms with Crippen LogP contribution in [0, 0.1) is 28.1 Å². The number of rotatable bonds is 1. The van der Waals surface area contributed by atoms with Crippen molar-refractivity contribution in [3.05, 3.63) is 46.0 Å². The molecule has 4 nitrogen and oxygen atoms in total. The van der Waals surface area contributed by atoms with Gasteiger partial charge in [-0.25, -0.2) is 4.79 Å². The largest absolute Gasteiger partial charge is 0.431 e. The Bertz CT molecular complexity index is 896. The Morgan fingerprint density at radius 1 is 1.07 bits per heavy atom. The number of allylic oxidation sites excluding steroid dienone is 2. The molecule has 0 bridgehead atoms. The van der Waals surface area contributed by atoms with Crippen LogP contribution in [0.4, 0.5) is 0 Å². The van der Waals surface area contributed by atoms with Crippen molar-refractivity contribution in [2.75, 3.05) is 0 Å². The van der Waals surface area contributed by atoms with Crippen LogP contribution in [0.5, 0.6) is 0 Å². The number of aliphatic hydroxyl groups is 1. The summed E-state index contributed by atoms with van der Waals surface area (Å²) >= 11 is 0. The third-order valence-corrected chi connectivity index (χ3v) is 9.31. The van der Waals surface area contributed by atoms with Gasteiger partial charge in [-0.1, -0.05) is 19.4 Å². The molecule has 2 N–H and O–H groups in total. The molecule has 3 saturated carbocycles. The Balaban J connectivity index is 1.52. The van der Waals surface area contributed by atoms with Crippen molar-refractivity contribution in [2.24, 2.45) is 22.7 Å². The molecular weight excluding hydrogens is 350 g/mol. The van der Waals surface area contributed by atoms with E-state index in [1.165, 1.54) is 11.6 Å². The molecule has 1 aromatic rings. The first-order valence-electron chi connectivity index (χ1n) is 10.9. The van der Waals surface area contributed by atoms with Crippen LogP contribution in [0.2, 0.25) is 0 Å². The van der Waals surface area contributed by atoms with Gasteiger partial charge in [0.25, 0.3) is 0 Å². The minimum atomic E-state index is -0.657. The van der Waals surface area contributed by atoms with Crippen LogP contribution in [0.1, 0.15) is 76.7 Å². The minimum absolute atomic E-state index is 0.141. The highest BCUT2D eigenvalue weighted by atomic mass is 16.4. The van der Waals surface area contributed by atoms with Crippen LogP contribution in [-0.4, -0.2) is 16.4 Å². The maximum absolute atomic E-state index is 12.2. The zero-order chi connectivity index (χ0) is 19.7. The molecule has 4 aliphatic rings. The van der Waals surface area contributed by atoms with Gasteiger partial charge in [0.1, 0.15) is 0 Å². The quantitative estimate of drug-likeness (QED) is 0.732. The van der Waals surface area contributed by atoms with Crippen LogP contribution < -0.4 is 5.63 Å². The number of fused-ring (bicyclic) bond motifs is 5. The highest BCUT2D eigenvalue weighted by Crippen LogP contribution is 2.69. The van der Waals surface area contributed by atoms with E-state index in [2.05, 4.69) is 19.9 Å². The lowest BCUT2D eigenvalue weighted by Gasteiger charge is -2.61. The Kier molecular flexibility index (Phi) is 3.88. The van der Waals surface area contributed by atoms with Gasteiger partial charge in [-0.2, -0.15) is 0 Å². The summed E-state index contributed by atoms with van der Waals surface area (Å²) in [7, 11) is 0. The Morgan fingerprint density at radius 2 is 1.89 bits per heavy atom. The molecular formula is C24H31NO3. The van der Waals surface area contributed by atoms with E-state index in [4.69, 9.17) is 9.83 Å². The summed E-state index contributed by atoms with van der Waals surface area (Å²) in [5, 5.41) is 20.3. The summed E-state index contributed by atoms with van der Waals surface area (Å²) in [6.45, 7) is 4.67. The van der Waals surface area contributed by atoms with Crippen LogP contribution in [0.3, 0.4) is 0 Å². The average Bonchev–Trinajstić information content (AvgIpc) is 2.95. The highest BCUT2D eigenvalue weighted by molar-refractivity contribution is 5.94. The summed E-state index contributed by atoms with van der Waals surface area (Å²) in [6.07, 6.45) is 11.7. The Labute approximate surface area is 166 Å². The first-order valence-corrected chi connectivity index (χ1v) is 10.9. The predicted octanol–water partition coefficient (Wildman–Crippen LogP) is 4.82. The van der Waals surface area contributed by atoms with E-state index >= 15 is 0 Å². The fourth-order valence-corrected chi connectivity index (χ4v) is 7.66. The lowest BCUT2D eigenvalue weighted by atomic mass is 9.45. The molecule has 0 aliphatic heterocycles. The van der Waals surface area contributed by atoms with Crippen LogP contribution in [0.15, 0.2) is 39.3 Å². The van der Waals surface area contributed by atoms with Gasteiger partial charge in [0.05, 0.1) is 11.9 Å². The molecule has 5 rings (SSSR count). The lowest BCUT2D eigenvalue weighted by molar-refractivity contribution is -0.176.